The average molecular weight is 311 g/mol. The van der Waals surface area contributed by atoms with Gasteiger partial charge in [0.25, 0.3) is 0 Å². The van der Waals surface area contributed by atoms with Gasteiger partial charge < -0.3 is 10.0 Å². The van der Waals surface area contributed by atoms with Crippen molar-refractivity contribution in [3.05, 3.63) is 53.5 Å². The number of rotatable bonds is 3. The van der Waals surface area contributed by atoms with Crippen LogP contribution in [-0.4, -0.2) is 33.8 Å². The molecule has 1 saturated heterocycles. The van der Waals surface area contributed by atoms with E-state index in [2.05, 4.69) is 39.1 Å². The van der Waals surface area contributed by atoms with Crippen LogP contribution in [0.5, 0.6) is 0 Å². The van der Waals surface area contributed by atoms with Crippen LogP contribution in [0.2, 0.25) is 0 Å². The molecule has 4 heteroatoms. The van der Waals surface area contributed by atoms with Crippen molar-refractivity contribution in [1.82, 2.24) is 9.97 Å². The second-order valence-electron chi connectivity index (χ2n) is 6.86. The van der Waals surface area contributed by atoms with Crippen LogP contribution < -0.4 is 4.90 Å². The fourth-order valence-electron chi connectivity index (χ4n) is 3.32. The molecule has 2 heterocycles. The highest BCUT2D eigenvalue weighted by Gasteiger charge is 2.38. The molecule has 4 nitrogen and oxygen atoms in total. The number of nitrogens with zero attached hydrogens (tertiary/aromatic N) is 3. The zero-order valence-electron chi connectivity index (χ0n) is 14.2. The Labute approximate surface area is 138 Å². The summed E-state index contributed by atoms with van der Waals surface area (Å²) in [6.07, 6.45) is 3.43. The third-order valence-corrected chi connectivity index (χ3v) is 4.88. The Balaban J connectivity index is 1.82. The summed E-state index contributed by atoms with van der Waals surface area (Å²) in [5.41, 5.74) is 2.52. The van der Waals surface area contributed by atoms with E-state index >= 15 is 0 Å². The molecule has 0 amide bonds. The lowest BCUT2D eigenvalue weighted by Gasteiger charge is -2.43. The predicted octanol–water partition coefficient (Wildman–Crippen LogP) is 2.91. The van der Waals surface area contributed by atoms with Crippen molar-refractivity contribution in [3.63, 3.8) is 0 Å². The zero-order valence-corrected chi connectivity index (χ0v) is 14.2. The van der Waals surface area contributed by atoms with Crippen molar-refractivity contribution in [2.75, 3.05) is 18.0 Å². The normalized spacial score (nSPS) is 24.7. The number of aryl methyl sites for hydroxylation is 2. The van der Waals surface area contributed by atoms with Gasteiger partial charge in [0.15, 0.2) is 0 Å². The smallest absolute Gasteiger partial charge is 0.150 e. The fraction of sp³-hybridized carbons (Fsp3) is 0.474. The Kier molecular flexibility index (Phi) is 4.35. The molecule has 2 aromatic rings. The van der Waals surface area contributed by atoms with E-state index in [0.717, 1.165) is 43.1 Å². The lowest BCUT2D eigenvalue weighted by Crippen LogP contribution is -2.51. The minimum Gasteiger partial charge on any atom is -0.390 e. The van der Waals surface area contributed by atoms with Crippen molar-refractivity contribution in [1.29, 1.82) is 0 Å². The fourth-order valence-corrected chi connectivity index (χ4v) is 3.32. The molecule has 0 aliphatic carbocycles. The lowest BCUT2D eigenvalue weighted by molar-refractivity contribution is -0.0168. The van der Waals surface area contributed by atoms with Crippen LogP contribution in [0.25, 0.3) is 0 Å². The summed E-state index contributed by atoms with van der Waals surface area (Å²) in [6.45, 7) is 7.56. The number of anilines is 1. The van der Waals surface area contributed by atoms with Crippen LogP contribution in [0.3, 0.4) is 0 Å². The van der Waals surface area contributed by atoms with Crippen LogP contribution in [0.1, 0.15) is 30.3 Å². The maximum atomic E-state index is 10.8. The topological polar surface area (TPSA) is 49.2 Å². The van der Waals surface area contributed by atoms with E-state index < -0.39 is 5.60 Å². The number of benzene rings is 1. The van der Waals surface area contributed by atoms with Gasteiger partial charge in [0.1, 0.15) is 5.82 Å². The van der Waals surface area contributed by atoms with Crippen LogP contribution >= 0.6 is 0 Å². The second kappa shape index (κ2) is 6.28. The second-order valence-corrected chi connectivity index (χ2v) is 6.86. The first kappa shape index (κ1) is 15.9. The van der Waals surface area contributed by atoms with Crippen LogP contribution in [0.15, 0.2) is 36.5 Å². The van der Waals surface area contributed by atoms with Gasteiger partial charge in [-0.3, -0.25) is 4.98 Å². The minimum absolute atomic E-state index is 0.181. The summed E-state index contributed by atoms with van der Waals surface area (Å²) >= 11 is 0. The Hall–Kier alpha value is -1.94. The highest BCUT2D eigenvalue weighted by Crippen LogP contribution is 2.33. The van der Waals surface area contributed by atoms with E-state index in [1.165, 1.54) is 5.56 Å². The summed E-state index contributed by atoms with van der Waals surface area (Å²) in [4.78, 5) is 11.4. The molecule has 2 atom stereocenters. The summed E-state index contributed by atoms with van der Waals surface area (Å²) in [5.74, 6) is 1.14. The molecule has 0 radical (unpaired) electrons. The van der Waals surface area contributed by atoms with Gasteiger partial charge in [0.05, 0.1) is 17.0 Å². The summed E-state index contributed by atoms with van der Waals surface area (Å²) in [6, 6.07) is 10.4. The van der Waals surface area contributed by atoms with Gasteiger partial charge in [-0.05, 0) is 39.2 Å². The SMILES string of the molecule is Cc1cnc(C)c(N2CC[C@](C)(O)[C@H](Cc3ccccc3)C2)n1. The van der Waals surface area contributed by atoms with E-state index in [4.69, 9.17) is 0 Å². The number of aliphatic hydroxyl groups is 1. The molecular formula is C19H25N3O. The maximum absolute atomic E-state index is 10.8. The first-order valence-corrected chi connectivity index (χ1v) is 8.27. The molecule has 0 bridgehead atoms. The molecule has 1 aromatic carbocycles. The Morgan fingerprint density at radius 3 is 2.74 bits per heavy atom. The van der Waals surface area contributed by atoms with Gasteiger partial charge in [-0.1, -0.05) is 30.3 Å². The lowest BCUT2D eigenvalue weighted by atomic mass is 9.79. The number of piperidine rings is 1. The van der Waals surface area contributed by atoms with Crippen molar-refractivity contribution in [2.45, 2.75) is 39.2 Å². The standard InChI is InChI=1S/C19H25N3O/c1-14-12-20-15(2)18(21-14)22-10-9-19(3,23)17(13-22)11-16-7-5-4-6-8-16/h4-8,12,17,23H,9-11,13H2,1-3H3/t17-,19+/m1/s1. The molecule has 1 aromatic heterocycles. The van der Waals surface area contributed by atoms with Crippen LogP contribution in [-0.2, 0) is 6.42 Å². The van der Waals surface area contributed by atoms with Gasteiger partial charge in [-0.15, -0.1) is 0 Å². The molecule has 122 valence electrons. The number of hydrogen-bond donors (Lipinski definition) is 1. The molecule has 0 spiro atoms. The molecular weight excluding hydrogens is 286 g/mol. The van der Waals surface area contributed by atoms with E-state index in [9.17, 15) is 5.11 Å². The van der Waals surface area contributed by atoms with Gasteiger partial charge in [0, 0.05) is 25.2 Å². The van der Waals surface area contributed by atoms with Crippen molar-refractivity contribution >= 4 is 5.82 Å². The monoisotopic (exact) mass is 311 g/mol. The Morgan fingerprint density at radius 1 is 1.26 bits per heavy atom. The number of hydrogen-bond acceptors (Lipinski definition) is 4. The summed E-state index contributed by atoms with van der Waals surface area (Å²) < 4.78 is 0. The molecule has 0 unspecified atom stereocenters. The number of aromatic nitrogens is 2. The van der Waals surface area contributed by atoms with Crippen molar-refractivity contribution in [2.24, 2.45) is 5.92 Å². The Bertz CT molecular complexity index is 670. The van der Waals surface area contributed by atoms with Crippen LogP contribution in [0, 0.1) is 19.8 Å². The van der Waals surface area contributed by atoms with Gasteiger partial charge in [-0.25, -0.2) is 4.98 Å². The van der Waals surface area contributed by atoms with Gasteiger partial charge >= 0.3 is 0 Å². The highest BCUT2D eigenvalue weighted by atomic mass is 16.3. The van der Waals surface area contributed by atoms with Crippen molar-refractivity contribution < 1.29 is 5.11 Å². The van der Waals surface area contributed by atoms with E-state index in [-0.39, 0.29) is 5.92 Å². The summed E-state index contributed by atoms with van der Waals surface area (Å²) in [7, 11) is 0. The predicted molar refractivity (Wildman–Crippen MR) is 92.6 cm³/mol. The van der Waals surface area contributed by atoms with Crippen molar-refractivity contribution in [3.8, 4) is 0 Å². The van der Waals surface area contributed by atoms with E-state index in [1.807, 2.05) is 26.8 Å². The minimum atomic E-state index is -0.641. The van der Waals surface area contributed by atoms with Gasteiger partial charge in [0.2, 0.25) is 0 Å². The molecule has 1 aliphatic heterocycles. The molecule has 23 heavy (non-hydrogen) atoms. The Morgan fingerprint density at radius 2 is 2.00 bits per heavy atom. The third-order valence-electron chi connectivity index (χ3n) is 4.88. The average Bonchev–Trinajstić information content (AvgIpc) is 2.53. The highest BCUT2D eigenvalue weighted by molar-refractivity contribution is 5.44. The molecule has 1 aliphatic rings. The quantitative estimate of drug-likeness (QED) is 0.947. The zero-order chi connectivity index (χ0) is 16.4. The maximum Gasteiger partial charge on any atom is 0.150 e. The first-order valence-electron chi connectivity index (χ1n) is 8.27. The van der Waals surface area contributed by atoms with E-state index in [0.29, 0.717) is 0 Å². The van der Waals surface area contributed by atoms with E-state index in [1.54, 1.807) is 6.20 Å². The third kappa shape index (κ3) is 3.53. The molecule has 1 fully saturated rings. The largest absolute Gasteiger partial charge is 0.390 e. The summed E-state index contributed by atoms with van der Waals surface area (Å²) in [5, 5.41) is 10.8. The first-order chi connectivity index (χ1) is 11.0. The molecule has 1 N–H and O–H groups in total. The molecule has 0 saturated carbocycles. The van der Waals surface area contributed by atoms with Gasteiger partial charge in [-0.2, -0.15) is 0 Å². The van der Waals surface area contributed by atoms with Crippen LogP contribution in [0.4, 0.5) is 5.82 Å². The molecule has 3 rings (SSSR count).